The van der Waals surface area contributed by atoms with Crippen molar-refractivity contribution < 1.29 is 13.5 Å². The Morgan fingerprint density at radius 1 is 1.00 bits per heavy atom. The van der Waals surface area contributed by atoms with Crippen LogP contribution >= 0.6 is 0 Å². The minimum Gasteiger partial charge on any atom is -0.488 e. The fourth-order valence-corrected chi connectivity index (χ4v) is 3.43. The Labute approximate surface area is 153 Å². The molecule has 2 heterocycles. The Kier molecular flexibility index (Phi) is 3.47. The van der Waals surface area contributed by atoms with Gasteiger partial charge >= 0.3 is 5.76 Å². The monoisotopic (exact) mass is 359 g/mol. The van der Waals surface area contributed by atoms with Gasteiger partial charge < -0.3 is 9.15 Å². The minimum absolute atomic E-state index is 0.337. The van der Waals surface area contributed by atoms with E-state index in [1.54, 1.807) is 12.1 Å². The van der Waals surface area contributed by atoms with Crippen molar-refractivity contribution in [3.63, 3.8) is 0 Å². The van der Waals surface area contributed by atoms with Crippen molar-refractivity contribution >= 4 is 22.7 Å². The summed E-state index contributed by atoms with van der Waals surface area (Å²) in [5.74, 6) is -0.310. The Morgan fingerprint density at radius 3 is 2.81 bits per heavy atom. The van der Waals surface area contributed by atoms with E-state index >= 15 is 0 Å². The summed E-state index contributed by atoms with van der Waals surface area (Å²) in [6.07, 6.45) is 2.01. The highest BCUT2D eigenvalue weighted by molar-refractivity contribution is 5.95. The van der Waals surface area contributed by atoms with Gasteiger partial charge in [-0.2, -0.15) is 0 Å². The van der Waals surface area contributed by atoms with Gasteiger partial charge in [0.1, 0.15) is 18.2 Å². The minimum atomic E-state index is -0.483. The van der Waals surface area contributed by atoms with Gasteiger partial charge in [0.05, 0.1) is 5.52 Å². The van der Waals surface area contributed by atoms with Crippen molar-refractivity contribution in [2.24, 2.45) is 0 Å². The van der Waals surface area contributed by atoms with E-state index in [0.717, 1.165) is 27.8 Å². The summed E-state index contributed by atoms with van der Waals surface area (Å²) in [4.78, 5) is 14.1. The maximum atomic E-state index is 13.7. The molecule has 1 N–H and O–H groups in total. The highest BCUT2D eigenvalue weighted by Crippen LogP contribution is 2.38. The van der Waals surface area contributed by atoms with E-state index < -0.39 is 5.76 Å². The van der Waals surface area contributed by atoms with E-state index in [0.29, 0.717) is 23.5 Å². The van der Waals surface area contributed by atoms with Crippen molar-refractivity contribution in [2.45, 2.75) is 6.61 Å². The quantitative estimate of drug-likeness (QED) is 0.534. The third kappa shape index (κ3) is 2.73. The zero-order chi connectivity index (χ0) is 18.4. The van der Waals surface area contributed by atoms with E-state index in [4.69, 9.17) is 9.15 Å². The Hall–Kier alpha value is -3.60. The number of aromatic amines is 1. The number of H-pyrrole nitrogens is 1. The zero-order valence-electron chi connectivity index (χ0n) is 14.2. The molecular formula is C22H14FNO3. The lowest BCUT2D eigenvalue weighted by atomic mass is 9.92. The number of halogens is 1. The topological polar surface area (TPSA) is 55.2 Å². The lowest BCUT2D eigenvalue weighted by Crippen LogP contribution is -1.95. The number of oxazole rings is 1. The Bertz CT molecular complexity index is 1270. The summed E-state index contributed by atoms with van der Waals surface area (Å²) in [6.45, 7) is 0.373. The van der Waals surface area contributed by atoms with Gasteiger partial charge in [-0.3, -0.25) is 4.98 Å². The number of ether oxygens (including phenoxy) is 1. The van der Waals surface area contributed by atoms with Crippen molar-refractivity contribution in [1.82, 2.24) is 4.98 Å². The maximum Gasteiger partial charge on any atom is 0.417 e. The van der Waals surface area contributed by atoms with Crippen LogP contribution in [0.1, 0.15) is 22.3 Å². The summed E-state index contributed by atoms with van der Waals surface area (Å²) in [6, 6.07) is 18.0. The number of benzene rings is 3. The van der Waals surface area contributed by atoms with Gasteiger partial charge in [0.15, 0.2) is 5.58 Å². The summed E-state index contributed by atoms with van der Waals surface area (Å²) in [5, 5.41) is 0. The van der Waals surface area contributed by atoms with Gasteiger partial charge in [0.2, 0.25) is 0 Å². The van der Waals surface area contributed by atoms with Crippen LogP contribution in [0.5, 0.6) is 5.75 Å². The van der Waals surface area contributed by atoms with E-state index in [-0.39, 0.29) is 5.82 Å². The molecule has 1 aliphatic rings. The van der Waals surface area contributed by atoms with Gasteiger partial charge in [-0.1, -0.05) is 30.3 Å². The number of nitrogens with one attached hydrogen (secondary N) is 1. The lowest BCUT2D eigenvalue weighted by molar-refractivity contribution is 0.305. The SMILES string of the molecule is O=c1[nH]c2cc(C=C3c4ccccc4COc4cc(F)ccc43)ccc2o1. The first-order valence-corrected chi connectivity index (χ1v) is 8.53. The van der Waals surface area contributed by atoms with Crippen molar-refractivity contribution in [3.8, 4) is 5.75 Å². The van der Waals surface area contributed by atoms with Gasteiger partial charge in [0.25, 0.3) is 0 Å². The van der Waals surface area contributed by atoms with Crippen LogP contribution in [0.25, 0.3) is 22.7 Å². The number of aromatic nitrogens is 1. The molecule has 27 heavy (non-hydrogen) atoms. The molecule has 5 heteroatoms. The first kappa shape index (κ1) is 15.6. The van der Waals surface area contributed by atoms with Crippen LogP contribution in [0.3, 0.4) is 0 Å². The second kappa shape index (κ2) is 5.99. The molecule has 5 rings (SSSR count). The molecule has 0 spiro atoms. The predicted molar refractivity (Wildman–Crippen MR) is 101 cm³/mol. The van der Waals surface area contributed by atoms with Gasteiger partial charge in [-0.05, 0) is 52.6 Å². The average Bonchev–Trinajstić information content (AvgIpc) is 2.97. The summed E-state index contributed by atoms with van der Waals surface area (Å²) >= 11 is 0. The van der Waals surface area contributed by atoms with E-state index in [2.05, 4.69) is 4.98 Å². The maximum absolute atomic E-state index is 13.7. The standard InChI is InChI=1S/C22H14FNO3/c23-15-6-7-17-18(9-13-5-8-20-19(10-13)24-22(25)27-20)16-4-2-1-3-14(16)12-26-21(17)11-15/h1-11H,12H2,(H,24,25). The third-order valence-corrected chi connectivity index (χ3v) is 4.68. The second-order valence-electron chi connectivity index (χ2n) is 6.41. The molecule has 0 amide bonds. The first-order valence-electron chi connectivity index (χ1n) is 8.53. The van der Waals surface area contributed by atoms with Crippen LogP contribution < -0.4 is 10.5 Å². The first-order chi connectivity index (χ1) is 13.2. The molecule has 0 saturated carbocycles. The second-order valence-corrected chi connectivity index (χ2v) is 6.41. The molecule has 0 fully saturated rings. The number of hydrogen-bond acceptors (Lipinski definition) is 3. The molecule has 0 bridgehead atoms. The number of hydrogen-bond donors (Lipinski definition) is 1. The fraction of sp³-hybridized carbons (Fsp3) is 0.0455. The molecule has 132 valence electrons. The van der Waals surface area contributed by atoms with Gasteiger partial charge in [0, 0.05) is 11.6 Å². The largest absolute Gasteiger partial charge is 0.488 e. The predicted octanol–water partition coefficient (Wildman–Crippen LogP) is 4.74. The van der Waals surface area contributed by atoms with E-state index in [1.165, 1.54) is 12.1 Å². The van der Waals surface area contributed by atoms with Crippen LogP contribution in [-0.4, -0.2) is 4.98 Å². The average molecular weight is 359 g/mol. The third-order valence-electron chi connectivity index (χ3n) is 4.68. The molecule has 4 nitrogen and oxygen atoms in total. The Morgan fingerprint density at radius 2 is 1.89 bits per heavy atom. The summed E-state index contributed by atoms with van der Waals surface area (Å²) in [7, 11) is 0. The Balaban J connectivity index is 1.75. The van der Waals surface area contributed by atoms with Crippen LogP contribution in [-0.2, 0) is 6.61 Å². The normalized spacial score (nSPS) is 14.5. The van der Waals surface area contributed by atoms with E-state index in [1.807, 2.05) is 42.5 Å². The smallest absolute Gasteiger partial charge is 0.417 e. The molecule has 1 aromatic heterocycles. The highest BCUT2D eigenvalue weighted by atomic mass is 19.1. The van der Waals surface area contributed by atoms with Gasteiger partial charge in [-0.15, -0.1) is 0 Å². The van der Waals surface area contributed by atoms with Crippen LogP contribution in [0.15, 0.2) is 69.9 Å². The molecular weight excluding hydrogens is 345 g/mol. The molecule has 0 saturated heterocycles. The molecule has 0 aliphatic carbocycles. The number of rotatable bonds is 1. The van der Waals surface area contributed by atoms with Crippen molar-refractivity contribution in [2.75, 3.05) is 0 Å². The van der Waals surface area contributed by atoms with Crippen LogP contribution in [0.4, 0.5) is 4.39 Å². The number of fused-ring (bicyclic) bond motifs is 3. The van der Waals surface area contributed by atoms with Crippen molar-refractivity contribution in [3.05, 3.63) is 99.3 Å². The molecule has 0 atom stereocenters. The fourth-order valence-electron chi connectivity index (χ4n) is 3.43. The lowest BCUT2D eigenvalue weighted by Gasteiger charge is -2.10. The van der Waals surface area contributed by atoms with Gasteiger partial charge in [-0.25, -0.2) is 9.18 Å². The highest BCUT2D eigenvalue weighted by Gasteiger charge is 2.19. The molecule has 0 radical (unpaired) electrons. The van der Waals surface area contributed by atoms with Crippen LogP contribution in [0, 0.1) is 5.82 Å². The summed E-state index contributed by atoms with van der Waals surface area (Å²) < 4.78 is 24.7. The zero-order valence-corrected chi connectivity index (χ0v) is 14.2. The molecule has 0 unspecified atom stereocenters. The molecule has 3 aromatic carbocycles. The summed E-state index contributed by atoms with van der Waals surface area (Å²) in [5.41, 5.74) is 5.84. The van der Waals surface area contributed by atoms with Crippen molar-refractivity contribution in [1.29, 1.82) is 0 Å². The molecule has 1 aliphatic heterocycles. The van der Waals surface area contributed by atoms with Crippen LogP contribution in [0.2, 0.25) is 0 Å². The molecule has 4 aromatic rings. The van der Waals surface area contributed by atoms with E-state index in [9.17, 15) is 9.18 Å².